The van der Waals surface area contributed by atoms with Gasteiger partial charge >= 0.3 is 6.03 Å². The number of aryl methyl sites for hydroxylation is 1. The number of anilines is 1. The molecule has 0 heterocycles. The fourth-order valence-corrected chi connectivity index (χ4v) is 1.99. The van der Waals surface area contributed by atoms with E-state index in [1.54, 1.807) is 6.08 Å². The molecule has 5 heteroatoms. The van der Waals surface area contributed by atoms with Crippen LogP contribution in [0.3, 0.4) is 0 Å². The highest BCUT2D eigenvalue weighted by Crippen LogP contribution is 2.20. The van der Waals surface area contributed by atoms with E-state index >= 15 is 0 Å². The summed E-state index contributed by atoms with van der Waals surface area (Å²) in [6.45, 7) is 6.13. The van der Waals surface area contributed by atoms with Crippen LogP contribution in [0.25, 0.3) is 0 Å². The Labute approximate surface area is 115 Å². The van der Waals surface area contributed by atoms with Crippen molar-refractivity contribution in [2.75, 3.05) is 25.0 Å². The first-order chi connectivity index (χ1) is 8.58. The summed E-state index contributed by atoms with van der Waals surface area (Å²) in [7, 11) is 0. The third kappa shape index (κ3) is 4.16. The molecule has 0 aromatic heterocycles. The maximum Gasteiger partial charge on any atom is 0.322 e. The van der Waals surface area contributed by atoms with Gasteiger partial charge in [0.1, 0.15) is 0 Å². The number of amides is 2. The lowest BCUT2D eigenvalue weighted by atomic mass is 10.2. The van der Waals surface area contributed by atoms with Crippen molar-refractivity contribution in [3.05, 3.63) is 40.9 Å². The van der Waals surface area contributed by atoms with Gasteiger partial charge in [0, 0.05) is 23.2 Å². The molecule has 0 saturated carbocycles. The number of nitrogens with one attached hydrogen (secondary N) is 1. The highest BCUT2D eigenvalue weighted by Gasteiger charge is 2.12. The Bertz CT molecular complexity index is 435. The number of hydrogen-bond acceptors (Lipinski definition) is 2. The van der Waals surface area contributed by atoms with Crippen molar-refractivity contribution < 1.29 is 9.90 Å². The van der Waals surface area contributed by atoms with Gasteiger partial charge in [-0.25, -0.2) is 4.79 Å². The lowest BCUT2D eigenvalue weighted by Crippen LogP contribution is -2.37. The summed E-state index contributed by atoms with van der Waals surface area (Å²) in [6.07, 6.45) is 1.63. The van der Waals surface area contributed by atoms with Gasteiger partial charge in [0.2, 0.25) is 0 Å². The maximum absolute atomic E-state index is 12.0. The second kappa shape index (κ2) is 7.18. The van der Waals surface area contributed by atoms with Crippen LogP contribution in [-0.2, 0) is 0 Å². The van der Waals surface area contributed by atoms with E-state index < -0.39 is 0 Å². The first-order valence-corrected chi connectivity index (χ1v) is 6.41. The third-order valence-corrected chi connectivity index (χ3v) is 2.93. The molecule has 0 saturated heterocycles. The number of aliphatic hydroxyl groups is 1. The number of halogens is 1. The van der Waals surface area contributed by atoms with Gasteiger partial charge in [-0.05, 0) is 30.7 Å². The van der Waals surface area contributed by atoms with Crippen LogP contribution in [0.4, 0.5) is 10.5 Å². The topological polar surface area (TPSA) is 52.6 Å². The van der Waals surface area contributed by atoms with Gasteiger partial charge in [-0.2, -0.15) is 0 Å². The molecule has 0 aliphatic carbocycles. The molecule has 0 aliphatic rings. The standard InChI is InChI=1S/C13H17BrN2O2/c1-3-6-16(7-8-17)13(18)15-12-5-4-11(14)9-10(12)2/h3-5,9,17H,1,6-8H2,2H3,(H,15,18). The Morgan fingerprint density at radius 3 is 2.89 bits per heavy atom. The SMILES string of the molecule is C=CCN(CCO)C(=O)Nc1ccc(Br)cc1C. The van der Waals surface area contributed by atoms with Crippen LogP contribution in [0, 0.1) is 6.92 Å². The second-order valence-electron chi connectivity index (χ2n) is 3.85. The van der Waals surface area contributed by atoms with Gasteiger partial charge < -0.3 is 15.3 Å². The van der Waals surface area contributed by atoms with Crippen molar-refractivity contribution in [1.82, 2.24) is 4.90 Å². The molecule has 0 unspecified atom stereocenters. The molecular formula is C13H17BrN2O2. The second-order valence-corrected chi connectivity index (χ2v) is 4.76. The fourth-order valence-electron chi connectivity index (χ4n) is 1.51. The van der Waals surface area contributed by atoms with E-state index in [0.29, 0.717) is 6.54 Å². The predicted molar refractivity (Wildman–Crippen MR) is 76.8 cm³/mol. The average Bonchev–Trinajstić information content (AvgIpc) is 2.32. The van der Waals surface area contributed by atoms with E-state index in [0.717, 1.165) is 15.7 Å². The minimum Gasteiger partial charge on any atom is -0.395 e. The summed E-state index contributed by atoms with van der Waals surface area (Å²) in [6, 6.07) is 5.39. The van der Waals surface area contributed by atoms with Crippen LogP contribution in [0.1, 0.15) is 5.56 Å². The summed E-state index contributed by atoms with van der Waals surface area (Å²) in [5.74, 6) is 0. The molecule has 0 spiro atoms. The number of rotatable bonds is 5. The summed E-state index contributed by atoms with van der Waals surface area (Å²) in [5.41, 5.74) is 1.73. The summed E-state index contributed by atoms with van der Waals surface area (Å²) < 4.78 is 0.969. The van der Waals surface area contributed by atoms with Gasteiger partial charge in [-0.1, -0.05) is 22.0 Å². The van der Waals surface area contributed by atoms with Crippen LogP contribution >= 0.6 is 15.9 Å². The number of carbonyl (C=O) groups is 1. The molecule has 0 fully saturated rings. The van der Waals surface area contributed by atoms with Crippen molar-refractivity contribution in [1.29, 1.82) is 0 Å². The van der Waals surface area contributed by atoms with Gasteiger partial charge in [0.05, 0.1) is 6.61 Å². The molecule has 0 radical (unpaired) electrons. The first-order valence-electron chi connectivity index (χ1n) is 5.62. The summed E-state index contributed by atoms with van der Waals surface area (Å²) in [5, 5.41) is 11.7. The predicted octanol–water partition coefficient (Wildman–Crippen LogP) is 2.77. The van der Waals surface area contributed by atoms with Crippen LogP contribution in [0.5, 0.6) is 0 Å². The van der Waals surface area contributed by atoms with E-state index in [1.165, 1.54) is 4.90 Å². The Balaban J connectivity index is 2.75. The smallest absolute Gasteiger partial charge is 0.322 e. The molecule has 0 atom stereocenters. The lowest BCUT2D eigenvalue weighted by Gasteiger charge is -2.21. The van der Waals surface area contributed by atoms with Gasteiger partial charge in [-0.15, -0.1) is 6.58 Å². The van der Waals surface area contributed by atoms with E-state index in [1.807, 2.05) is 25.1 Å². The van der Waals surface area contributed by atoms with Crippen molar-refractivity contribution in [3.8, 4) is 0 Å². The maximum atomic E-state index is 12.0. The van der Waals surface area contributed by atoms with E-state index in [-0.39, 0.29) is 19.2 Å². The monoisotopic (exact) mass is 312 g/mol. The van der Waals surface area contributed by atoms with E-state index in [9.17, 15) is 4.79 Å². The number of urea groups is 1. The molecule has 1 aromatic rings. The number of aliphatic hydroxyl groups excluding tert-OH is 1. The number of benzene rings is 1. The third-order valence-electron chi connectivity index (χ3n) is 2.44. The Hall–Kier alpha value is -1.33. The van der Waals surface area contributed by atoms with Gasteiger partial charge in [-0.3, -0.25) is 0 Å². The summed E-state index contributed by atoms with van der Waals surface area (Å²) in [4.78, 5) is 13.5. The molecule has 1 rings (SSSR count). The Kier molecular flexibility index (Phi) is 5.88. The normalized spacial score (nSPS) is 9.94. The fraction of sp³-hybridized carbons (Fsp3) is 0.308. The van der Waals surface area contributed by atoms with Crippen molar-refractivity contribution in [2.45, 2.75) is 6.92 Å². The molecule has 4 nitrogen and oxygen atoms in total. The molecule has 2 amide bonds. The van der Waals surface area contributed by atoms with Crippen molar-refractivity contribution >= 4 is 27.6 Å². The highest BCUT2D eigenvalue weighted by atomic mass is 79.9. The molecule has 98 valence electrons. The lowest BCUT2D eigenvalue weighted by molar-refractivity contribution is 0.195. The van der Waals surface area contributed by atoms with Crippen LogP contribution in [0.15, 0.2) is 35.3 Å². The van der Waals surface area contributed by atoms with E-state index in [2.05, 4.69) is 27.8 Å². The molecular weight excluding hydrogens is 296 g/mol. The quantitative estimate of drug-likeness (QED) is 0.821. The van der Waals surface area contributed by atoms with Crippen molar-refractivity contribution in [3.63, 3.8) is 0 Å². The zero-order valence-electron chi connectivity index (χ0n) is 10.3. The van der Waals surface area contributed by atoms with Crippen LogP contribution in [0.2, 0.25) is 0 Å². The average molecular weight is 313 g/mol. The molecule has 0 aliphatic heterocycles. The Morgan fingerprint density at radius 1 is 1.61 bits per heavy atom. The number of carbonyl (C=O) groups excluding carboxylic acids is 1. The Morgan fingerprint density at radius 2 is 2.33 bits per heavy atom. The van der Waals surface area contributed by atoms with Gasteiger partial charge in [0.25, 0.3) is 0 Å². The zero-order valence-corrected chi connectivity index (χ0v) is 11.9. The number of nitrogens with zero attached hydrogens (tertiary/aromatic N) is 1. The van der Waals surface area contributed by atoms with Crippen LogP contribution in [-0.4, -0.2) is 35.7 Å². The van der Waals surface area contributed by atoms with Crippen LogP contribution < -0.4 is 5.32 Å². The molecule has 2 N–H and O–H groups in total. The largest absolute Gasteiger partial charge is 0.395 e. The molecule has 0 bridgehead atoms. The summed E-state index contributed by atoms with van der Waals surface area (Å²) >= 11 is 3.37. The first kappa shape index (κ1) is 14.7. The van der Waals surface area contributed by atoms with Gasteiger partial charge in [0.15, 0.2) is 0 Å². The van der Waals surface area contributed by atoms with Crippen molar-refractivity contribution in [2.24, 2.45) is 0 Å². The number of hydrogen-bond donors (Lipinski definition) is 2. The highest BCUT2D eigenvalue weighted by molar-refractivity contribution is 9.10. The van der Waals surface area contributed by atoms with E-state index in [4.69, 9.17) is 5.11 Å². The zero-order chi connectivity index (χ0) is 13.5. The minimum atomic E-state index is -0.241. The molecule has 18 heavy (non-hydrogen) atoms. The molecule has 1 aromatic carbocycles. The minimum absolute atomic E-state index is 0.0689.